The Labute approximate surface area is 119 Å². The summed E-state index contributed by atoms with van der Waals surface area (Å²) in [6.07, 6.45) is 4.44. The lowest BCUT2D eigenvalue weighted by Gasteiger charge is -2.07. The van der Waals surface area contributed by atoms with Gasteiger partial charge < -0.3 is 19.4 Å². The largest absolute Gasteiger partial charge is 0.454 e. The molecule has 1 aliphatic heterocycles. The van der Waals surface area contributed by atoms with Crippen molar-refractivity contribution in [3.8, 4) is 11.5 Å². The van der Waals surface area contributed by atoms with E-state index in [9.17, 15) is 0 Å². The summed E-state index contributed by atoms with van der Waals surface area (Å²) < 4.78 is 13.1. The molecule has 1 aromatic heterocycles. The molecule has 0 saturated carbocycles. The van der Waals surface area contributed by atoms with E-state index in [0.717, 1.165) is 30.9 Å². The maximum atomic E-state index is 5.48. The van der Waals surface area contributed by atoms with Gasteiger partial charge in [0.05, 0.1) is 5.52 Å². The number of ether oxygens (including phenoxy) is 2. The van der Waals surface area contributed by atoms with E-state index in [-0.39, 0.29) is 0 Å². The Bertz CT molecular complexity index is 616. The Morgan fingerprint density at radius 3 is 2.75 bits per heavy atom. The van der Waals surface area contributed by atoms with Crippen molar-refractivity contribution in [2.75, 3.05) is 13.3 Å². The van der Waals surface area contributed by atoms with Crippen LogP contribution in [-0.4, -0.2) is 23.9 Å². The average molecular weight is 274 g/mol. The number of nitrogens with one attached hydrogen (secondary N) is 1. The number of aromatic nitrogens is 1. The standard InChI is InChI=1S/C16H22N2O2/c1-11(2)17-6-4-5-12-9-18(3)14-8-16-15(7-13(12)14)19-10-20-16/h7-9,11,17H,4-6,10H2,1-3H3. The lowest BCUT2D eigenvalue weighted by Crippen LogP contribution is -2.23. The fourth-order valence-electron chi connectivity index (χ4n) is 2.72. The Morgan fingerprint density at radius 2 is 2.00 bits per heavy atom. The Balaban J connectivity index is 1.81. The number of hydrogen-bond acceptors (Lipinski definition) is 3. The molecule has 0 saturated heterocycles. The van der Waals surface area contributed by atoms with Gasteiger partial charge in [0.2, 0.25) is 6.79 Å². The van der Waals surface area contributed by atoms with E-state index >= 15 is 0 Å². The van der Waals surface area contributed by atoms with Gasteiger partial charge in [-0.2, -0.15) is 0 Å². The first kappa shape index (κ1) is 13.3. The van der Waals surface area contributed by atoms with Crippen LogP contribution in [0, 0.1) is 0 Å². The second kappa shape index (κ2) is 5.37. The summed E-state index contributed by atoms with van der Waals surface area (Å²) in [6.45, 7) is 5.75. The second-order valence-electron chi connectivity index (χ2n) is 5.70. The van der Waals surface area contributed by atoms with E-state index in [1.54, 1.807) is 0 Å². The minimum absolute atomic E-state index is 0.333. The number of nitrogens with zero attached hydrogens (tertiary/aromatic N) is 1. The van der Waals surface area contributed by atoms with Crippen LogP contribution in [0.5, 0.6) is 11.5 Å². The molecule has 20 heavy (non-hydrogen) atoms. The van der Waals surface area contributed by atoms with Crippen LogP contribution >= 0.6 is 0 Å². The van der Waals surface area contributed by atoms with Crippen molar-refractivity contribution in [2.45, 2.75) is 32.7 Å². The maximum Gasteiger partial charge on any atom is 0.231 e. The normalized spacial score (nSPS) is 13.6. The molecule has 0 spiro atoms. The van der Waals surface area contributed by atoms with Gasteiger partial charge in [0, 0.05) is 30.7 Å². The fourth-order valence-corrected chi connectivity index (χ4v) is 2.72. The van der Waals surface area contributed by atoms with E-state index in [1.165, 1.54) is 16.5 Å². The molecule has 0 bridgehead atoms. The molecule has 3 rings (SSSR count). The molecule has 1 aromatic carbocycles. The van der Waals surface area contributed by atoms with Crippen molar-refractivity contribution in [3.63, 3.8) is 0 Å². The summed E-state index contributed by atoms with van der Waals surface area (Å²) >= 11 is 0. The molecule has 0 atom stereocenters. The first-order valence-corrected chi connectivity index (χ1v) is 7.26. The second-order valence-corrected chi connectivity index (χ2v) is 5.70. The minimum Gasteiger partial charge on any atom is -0.454 e. The molecular weight excluding hydrogens is 252 g/mol. The average Bonchev–Trinajstić information content (AvgIpc) is 2.98. The van der Waals surface area contributed by atoms with Gasteiger partial charge in [0.1, 0.15) is 0 Å². The smallest absolute Gasteiger partial charge is 0.231 e. The molecule has 0 aliphatic carbocycles. The Kier molecular flexibility index (Phi) is 3.57. The highest BCUT2D eigenvalue weighted by atomic mass is 16.7. The van der Waals surface area contributed by atoms with Crippen molar-refractivity contribution in [3.05, 3.63) is 23.9 Å². The van der Waals surface area contributed by atoms with Gasteiger partial charge in [-0.25, -0.2) is 0 Å². The quantitative estimate of drug-likeness (QED) is 0.852. The van der Waals surface area contributed by atoms with Gasteiger partial charge in [0.25, 0.3) is 0 Å². The molecule has 2 aromatic rings. The lowest BCUT2D eigenvalue weighted by molar-refractivity contribution is 0.174. The first-order chi connectivity index (χ1) is 9.65. The topological polar surface area (TPSA) is 35.4 Å². The van der Waals surface area contributed by atoms with Gasteiger partial charge in [-0.1, -0.05) is 13.8 Å². The zero-order chi connectivity index (χ0) is 14.1. The van der Waals surface area contributed by atoms with Gasteiger partial charge in [-0.3, -0.25) is 0 Å². The van der Waals surface area contributed by atoms with Crippen LogP contribution in [0.3, 0.4) is 0 Å². The summed E-state index contributed by atoms with van der Waals surface area (Å²) in [5, 5.41) is 4.74. The van der Waals surface area contributed by atoms with Crippen LogP contribution in [0.25, 0.3) is 10.9 Å². The highest BCUT2D eigenvalue weighted by Gasteiger charge is 2.17. The van der Waals surface area contributed by atoms with E-state index in [0.29, 0.717) is 12.8 Å². The van der Waals surface area contributed by atoms with E-state index in [4.69, 9.17) is 9.47 Å². The van der Waals surface area contributed by atoms with Crippen molar-refractivity contribution in [1.29, 1.82) is 0 Å². The van der Waals surface area contributed by atoms with Crippen LogP contribution in [0.4, 0.5) is 0 Å². The van der Waals surface area contributed by atoms with E-state index < -0.39 is 0 Å². The van der Waals surface area contributed by atoms with Gasteiger partial charge in [-0.15, -0.1) is 0 Å². The first-order valence-electron chi connectivity index (χ1n) is 7.26. The summed E-state index contributed by atoms with van der Waals surface area (Å²) in [5.41, 5.74) is 2.59. The molecule has 0 unspecified atom stereocenters. The van der Waals surface area contributed by atoms with Gasteiger partial charge in [0.15, 0.2) is 11.5 Å². The molecule has 4 nitrogen and oxygen atoms in total. The third kappa shape index (κ3) is 2.48. The SMILES string of the molecule is CC(C)NCCCc1cn(C)c2cc3c(cc12)OCO3. The third-order valence-corrected chi connectivity index (χ3v) is 3.74. The number of fused-ring (bicyclic) bond motifs is 2. The summed E-state index contributed by atoms with van der Waals surface area (Å²) in [5.74, 6) is 1.72. The van der Waals surface area contributed by atoms with Gasteiger partial charge >= 0.3 is 0 Å². The summed E-state index contributed by atoms with van der Waals surface area (Å²) in [7, 11) is 2.08. The Morgan fingerprint density at radius 1 is 1.25 bits per heavy atom. The molecule has 1 N–H and O–H groups in total. The van der Waals surface area contributed by atoms with E-state index in [2.05, 4.69) is 49.1 Å². The number of rotatable bonds is 5. The number of hydrogen-bond donors (Lipinski definition) is 1. The summed E-state index contributed by atoms with van der Waals surface area (Å²) in [6, 6.07) is 4.74. The highest BCUT2D eigenvalue weighted by Crippen LogP contribution is 2.37. The van der Waals surface area contributed by atoms with E-state index in [1.807, 2.05) is 0 Å². The zero-order valence-electron chi connectivity index (χ0n) is 12.4. The van der Waals surface area contributed by atoms with Crippen molar-refractivity contribution in [2.24, 2.45) is 7.05 Å². The zero-order valence-corrected chi connectivity index (χ0v) is 12.4. The molecular formula is C16H22N2O2. The molecule has 4 heteroatoms. The Hall–Kier alpha value is -1.68. The molecule has 0 amide bonds. The molecule has 1 aliphatic rings. The fraction of sp³-hybridized carbons (Fsp3) is 0.500. The van der Waals surface area contributed by atoms with Crippen LogP contribution in [0.2, 0.25) is 0 Å². The van der Waals surface area contributed by atoms with Gasteiger partial charge in [-0.05, 0) is 31.0 Å². The molecule has 2 heterocycles. The third-order valence-electron chi connectivity index (χ3n) is 3.74. The highest BCUT2D eigenvalue weighted by molar-refractivity contribution is 5.87. The van der Waals surface area contributed by atoms with Crippen LogP contribution in [0.15, 0.2) is 18.3 Å². The number of aryl methyl sites for hydroxylation is 2. The maximum absolute atomic E-state index is 5.48. The van der Waals surface area contributed by atoms with Crippen molar-refractivity contribution >= 4 is 10.9 Å². The summed E-state index contributed by atoms with van der Waals surface area (Å²) in [4.78, 5) is 0. The molecule has 0 radical (unpaired) electrons. The lowest BCUT2D eigenvalue weighted by atomic mass is 10.1. The number of benzene rings is 1. The minimum atomic E-state index is 0.333. The predicted octanol–water partition coefficient (Wildman–Crippen LogP) is 2.84. The molecule has 108 valence electrons. The van der Waals surface area contributed by atoms with Crippen molar-refractivity contribution in [1.82, 2.24) is 9.88 Å². The monoisotopic (exact) mass is 274 g/mol. The van der Waals surface area contributed by atoms with Crippen LogP contribution in [-0.2, 0) is 13.5 Å². The van der Waals surface area contributed by atoms with Crippen LogP contribution < -0.4 is 14.8 Å². The van der Waals surface area contributed by atoms with Crippen molar-refractivity contribution < 1.29 is 9.47 Å². The molecule has 0 fully saturated rings. The van der Waals surface area contributed by atoms with Crippen LogP contribution in [0.1, 0.15) is 25.8 Å². The predicted molar refractivity (Wildman–Crippen MR) is 80.5 cm³/mol.